The van der Waals surface area contributed by atoms with Gasteiger partial charge in [0.2, 0.25) is 5.91 Å². The van der Waals surface area contributed by atoms with E-state index in [2.05, 4.69) is 34.7 Å². The van der Waals surface area contributed by atoms with Crippen molar-refractivity contribution in [3.05, 3.63) is 47.0 Å². The van der Waals surface area contributed by atoms with Crippen LogP contribution in [0.2, 0.25) is 0 Å². The highest BCUT2D eigenvalue weighted by Crippen LogP contribution is 2.20. The van der Waals surface area contributed by atoms with Crippen LogP contribution < -0.4 is 5.32 Å². The first-order valence-corrected chi connectivity index (χ1v) is 6.06. The maximum atomic E-state index is 11.5. The van der Waals surface area contributed by atoms with Gasteiger partial charge in [-0.05, 0) is 23.6 Å². The lowest BCUT2D eigenvalue weighted by Gasteiger charge is -2.11. The van der Waals surface area contributed by atoms with E-state index in [1.807, 2.05) is 24.3 Å². The van der Waals surface area contributed by atoms with Crippen LogP contribution in [-0.4, -0.2) is 12.5 Å². The van der Waals surface area contributed by atoms with Crippen LogP contribution in [0.4, 0.5) is 0 Å². The van der Waals surface area contributed by atoms with Gasteiger partial charge in [-0.1, -0.05) is 41.1 Å². The Balaban J connectivity index is 2.51. The predicted molar refractivity (Wildman–Crippen MR) is 70.4 cm³/mol. The van der Waals surface area contributed by atoms with Crippen LogP contribution >= 0.6 is 15.9 Å². The molecule has 1 atom stereocenters. The van der Waals surface area contributed by atoms with Gasteiger partial charge in [-0.2, -0.15) is 0 Å². The Morgan fingerprint density at radius 2 is 2.12 bits per heavy atom. The minimum absolute atomic E-state index is 0.0651. The van der Waals surface area contributed by atoms with Crippen molar-refractivity contribution in [3.8, 4) is 0 Å². The molecule has 0 saturated carbocycles. The maximum Gasteiger partial charge on any atom is 0.220 e. The molecule has 0 aliphatic carbocycles. The fourth-order valence-electron chi connectivity index (χ4n) is 1.45. The molecule has 0 radical (unpaired) electrons. The number of halogens is 1. The average Bonchev–Trinajstić information content (AvgIpc) is 2.27. The smallest absolute Gasteiger partial charge is 0.220 e. The molecule has 0 heterocycles. The van der Waals surface area contributed by atoms with Gasteiger partial charge in [0.25, 0.3) is 0 Å². The number of benzene rings is 1. The molecule has 0 bridgehead atoms. The molecule has 1 aromatic carbocycles. The quantitative estimate of drug-likeness (QED) is 0.825. The molecule has 1 N–H and O–H groups in total. The van der Waals surface area contributed by atoms with E-state index in [0.717, 1.165) is 4.47 Å². The van der Waals surface area contributed by atoms with E-state index in [0.29, 0.717) is 13.0 Å². The molecular weight excluding hydrogens is 266 g/mol. The van der Waals surface area contributed by atoms with E-state index in [4.69, 9.17) is 0 Å². The normalized spacial score (nSPS) is 11.9. The molecule has 3 heteroatoms. The summed E-state index contributed by atoms with van der Waals surface area (Å²) in [5.41, 5.74) is 1.18. The van der Waals surface area contributed by atoms with E-state index < -0.39 is 0 Å². The topological polar surface area (TPSA) is 29.1 Å². The zero-order chi connectivity index (χ0) is 12.0. The molecule has 0 saturated heterocycles. The van der Waals surface area contributed by atoms with Crippen LogP contribution in [0.5, 0.6) is 0 Å². The zero-order valence-corrected chi connectivity index (χ0v) is 11.0. The van der Waals surface area contributed by atoms with Crippen molar-refractivity contribution in [3.63, 3.8) is 0 Å². The molecule has 0 aromatic heterocycles. The maximum absolute atomic E-state index is 11.5. The summed E-state index contributed by atoms with van der Waals surface area (Å²) in [4.78, 5) is 11.5. The molecule has 86 valence electrons. The summed E-state index contributed by atoms with van der Waals surface area (Å²) in [5, 5.41) is 2.78. The number of nitrogens with one attached hydrogen (secondary N) is 1. The second-order valence-corrected chi connectivity index (χ2v) is 4.67. The number of carbonyl (C=O) groups excluding carboxylic acids is 1. The SMILES string of the molecule is C=CCNC(=O)CC(C)c1ccc(Br)cc1. The lowest BCUT2D eigenvalue weighted by atomic mass is 9.98. The fraction of sp³-hybridized carbons (Fsp3) is 0.308. The lowest BCUT2D eigenvalue weighted by Crippen LogP contribution is -2.24. The molecule has 1 rings (SSSR count). The predicted octanol–water partition coefficient (Wildman–Crippen LogP) is 3.24. The minimum Gasteiger partial charge on any atom is -0.353 e. The van der Waals surface area contributed by atoms with Crippen molar-refractivity contribution in [1.82, 2.24) is 5.32 Å². The van der Waals surface area contributed by atoms with Crippen molar-refractivity contribution < 1.29 is 4.79 Å². The van der Waals surface area contributed by atoms with E-state index in [1.165, 1.54) is 5.56 Å². The van der Waals surface area contributed by atoms with E-state index in [9.17, 15) is 4.79 Å². The summed E-state index contributed by atoms with van der Waals surface area (Å²) >= 11 is 3.39. The van der Waals surface area contributed by atoms with Crippen molar-refractivity contribution >= 4 is 21.8 Å². The fourth-order valence-corrected chi connectivity index (χ4v) is 1.71. The number of hydrogen-bond donors (Lipinski definition) is 1. The first-order chi connectivity index (χ1) is 7.63. The summed E-state index contributed by atoms with van der Waals surface area (Å²) in [5.74, 6) is 0.299. The largest absolute Gasteiger partial charge is 0.353 e. The molecular formula is C13H16BrNO. The van der Waals surface area contributed by atoms with Crippen LogP contribution in [0.15, 0.2) is 41.4 Å². The Morgan fingerprint density at radius 3 is 2.69 bits per heavy atom. The second kappa shape index (κ2) is 6.48. The number of rotatable bonds is 5. The molecule has 0 fully saturated rings. The molecule has 16 heavy (non-hydrogen) atoms. The van der Waals surface area contributed by atoms with Crippen molar-refractivity contribution in [1.29, 1.82) is 0 Å². The number of hydrogen-bond acceptors (Lipinski definition) is 1. The lowest BCUT2D eigenvalue weighted by molar-refractivity contribution is -0.121. The summed E-state index contributed by atoms with van der Waals surface area (Å²) in [6.45, 7) is 6.15. The Kier molecular flexibility index (Phi) is 5.26. The average molecular weight is 282 g/mol. The van der Waals surface area contributed by atoms with Gasteiger partial charge in [-0.3, -0.25) is 4.79 Å². The van der Waals surface area contributed by atoms with Gasteiger partial charge < -0.3 is 5.32 Å². The molecule has 1 amide bonds. The van der Waals surface area contributed by atoms with E-state index in [-0.39, 0.29) is 11.8 Å². The van der Waals surface area contributed by atoms with Gasteiger partial charge in [-0.25, -0.2) is 0 Å². The first-order valence-electron chi connectivity index (χ1n) is 5.26. The van der Waals surface area contributed by atoms with Gasteiger partial charge in [0.15, 0.2) is 0 Å². The standard InChI is InChI=1S/C13H16BrNO/c1-3-8-15-13(16)9-10(2)11-4-6-12(14)7-5-11/h3-7,10H,1,8-9H2,2H3,(H,15,16). The van der Waals surface area contributed by atoms with Crippen LogP contribution in [0.3, 0.4) is 0 Å². The third-order valence-corrected chi connectivity index (χ3v) is 2.90. The Morgan fingerprint density at radius 1 is 1.50 bits per heavy atom. The minimum atomic E-state index is 0.0651. The van der Waals surface area contributed by atoms with Crippen LogP contribution in [0.25, 0.3) is 0 Å². The molecule has 2 nitrogen and oxygen atoms in total. The number of carbonyl (C=O) groups is 1. The molecule has 0 aliphatic heterocycles. The third-order valence-electron chi connectivity index (χ3n) is 2.37. The summed E-state index contributed by atoms with van der Waals surface area (Å²) in [6, 6.07) is 8.06. The Bertz CT molecular complexity index is 359. The molecule has 0 aliphatic rings. The highest BCUT2D eigenvalue weighted by Gasteiger charge is 2.10. The second-order valence-electron chi connectivity index (χ2n) is 3.75. The summed E-state index contributed by atoms with van der Waals surface area (Å²) in [6.07, 6.45) is 2.19. The van der Waals surface area contributed by atoms with Gasteiger partial charge in [0, 0.05) is 17.4 Å². The molecule has 1 unspecified atom stereocenters. The van der Waals surface area contributed by atoms with Crippen molar-refractivity contribution in [2.24, 2.45) is 0 Å². The zero-order valence-electron chi connectivity index (χ0n) is 9.37. The highest BCUT2D eigenvalue weighted by atomic mass is 79.9. The Labute approximate surface area is 105 Å². The highest BCUT2D eigenvalue weighted by molar-refractivity contribution is 9.10. The van der Waals surface area contributed by atoms with Gasteiger partial charge in [0.05, 0.1) is 0 Å². The van der Waals surface area contributed by atoms with Crippen LogP contribution in [-0.2, 0) is 4.79 Å². The van der Waals surface area contributed by atoms with Gasteiger partial charge in [-0.15, -0.1) is 6.58 Å². The Hall–Kier alpha value is -1.09. The number of amides is 1. The van der Waals surface area contributed by atoms with Gasteiger partial charge >= 0.3 is 0 Å². The van der Waals surface area contributed by atoms with Gasteiger partial charge in [0.1, 0.15) is 0 Å². The van der Waals surface area contributed by atoms with E-state index in [1.54, 1.807) is 6.08 Å². The van der Waals surface area contributed by atoms with Crippen molar-refractivity contribution in [2.75, 3.05) is 6.54 Å². The third kappa shape index (κ3) is 4.19. The monoisotopic (exact) mass is 281 g/mol. The van der Waals surface area contributed by atoms with Crippen LogP contribution in [0, 0.1) is 0 Å². The van der Waals surface area contributed by atoms with Crippen molar-refractivity contribution in [2.45, 2.75) is 19.3 Å². The summed E-state index contributed by atoms with van der Waals surface area (Å²) in [7, 11) is 0. The summed E-state index contributed by atoms with van der Waals surface area (Å²) < 4.78 is 1.06. The van der Waals surface area contributed by atoms with E-state index >= 15 is 0 Å². The molecule has 0 spiro atoms. The molecule has 1 aromatic rings. The van der Waals surface area contributed by atoms with Crippen LogP contribution in [0.1, 0.15) is 24.8 Å². The first kappa shape index (κ1) is 13.0.